The van der Waals surface area contributed by atoms with Gasteiger partial charge in [-0.3, -0.25) is 4.68 Å². The molecular formula is C24H25FN8O2S. The van der Waals surface area contributed by atoms with Gasteiger partial charge in [0.2, 0.25) is 0 Å². The molecule has 12 heteroatoms. The maximum Gasteiger partial charge on any atom is 0.341 e. The van der Waals surface area contributed by atoms with Crippen LogP contribution in [-0.4, -0.2) is 68.2 Å². The van der Waals surface area contributed by atoms with E-state index in [9.17, 15) is 19.6 Å². The van der Waals surface area contributed by atoms with E-state index in [2.05, 4.69) is 15.1 Å². The first-order valence-electron chi connectivity index (χ1n) is 11.5. The Balaban J connectivity index is 1.29. The minimum Gasteiger partial charge on any atom is -0.391 e. The lowest BCUT2D eigenvalue weighted by atomic mass is 10.0. The van der Waals surface area contributed by atoms with Gasteiger partial charge in [0.15, 0.2) is 5.13 Å². The smallest absolute Gasteiger partial charge is 0.341 e. The van der Waals surface area contributed by atoms with E-state index >= 15 is 0 Å². The second kappa shape index (κ2) is 9.67. The topological polar surface area (TPSA) is 114 Å². The van der Waals surface area contributed by atoms with Crippen molar-refractivity contribution in [3.63, 3.8) is 0 Å². The van der Waals surface area contributed by atoms with Gasteiger partial charge in [0.25, 0.3) is 0 Å². The van der Waals surface area contributed by atoms with Gasteiger partial charge in [-0.2, -0.15) is 15.5 Å². The third-order valence-electron chi connectivity index (χ3n) is 6.46. The number of carbonyl (C=O) groups excluding carboxylic acids is 1. The van der Waals surface area contributed by atoms with Gasteiger partial charge in [-0.1, -0.05) is 11.3 Å². The fraction of sp³-hybridized carbons (Fsp3) is 0.375. The van der Waals surface area contributed by atoms with Crippen LogP contribution in [0.4, 0.5) is 14.3 Å². The van der Waals surface area contributed by atoms with Gasteiger partial charge >= 0.3 is 6.03 Å². The Morgan fingerprint density at radius 3 is 2.72 bits per heavy atom. The number of benzene rings is 1. The van der Waals surface area contributed by atoms with Gasteiger partial charge in [-0.25, -0.2) is 19.2 Å². The minimum absolute atomic E-state index is 0.113. The molecule has 1 N–H and O–H groups in total. The predicted octanol–water partition coefficient (Wildman–Crippen LogP) is 3.03. The number of halogens is 1. The molecule has 0 saturated carbocycles. The quantitative estimate of drug-likeness (QED) is 0.580. The van der Waals surface area contributed by atoms with E-state index in [0.29, 0.717) is 38.2 Å². The highest BCUT2D eigenvalue weighted by Gasteiger charge is 2.34. The zero-order valence-electron chi connectivity index (χ0n) is 19.9. The van der Waals surface area contributed by atoms with Gasteiger partial charge in [0.05, 0.1) is 41.0 Å². The van der Waals surface area contributed by atoms with E-state index in [1.807, 2.05) is 20.0 Å². The number of nitrogens with zero attached hydrogens (tertiary/aromatic N) is 8. The molecule has 2 aromatic heterocycles. The summed E-state index contributed by atoms with van der Waals surface area (Å²) < 4.78 is 15.8. The molecule has 1 fully saturated rings. The number of aliphatic hydroxyl groups is 1. The highest BCUT2D eigenvalue weighted by Crippen LogP contribution is 2.35. The molecule has 2 aliphatic heterocycles. The Labute approximate surface area is 211 Å². The highest BCUT2D eigenvalue weighted by molar-refractivity contribution is 7.16. The number of amides is 2. The van der Waals surface area contributed by atoms with Crippen molar-refractivity contribution in [3.8, 4) is 17.5 Å². The van der Waals surface area contributed by atoms with Gasteiger partial charge in [-0.15, -0.1) is 0 Å². The van der Waals surface area contributed by atoms with E-state index in [4.69, 9.17) is 4.98 Å². The number of hydrogen-bond acceptors (Lipinski definition) is 8. The Morgan fingerprint density at radius 1 is 1.28 bits per heavy atom. The average Bonchev–Trinajstić information content (AvgIpc) is 3.61. The largest absolute Gasteiger partial charge is 0.391 e. The number of aliphatic hydroxyl groups excluding tert-OH is 1. The lowest BCUT2D eigenvalue weighted by Crippen LogP contribution is -2.52. The maximum atomic E-state index is 14.0. The number of aryl methyl sites for hydroxylation is 2. The Kier molecular flexibility index (Phi) is 6.42. The molecule has 1 aromatic carbocycles. The number of nitriles is 1. The number of hydrogen-bond donors (Lipinski definition) is 1. The molecule has 2 amide bonds. The second-order valence-electron chi connectivity index (χ2n) is 8.76. The summed E-state index contributed by atoms with van der Waals surface area (Å²) in [6.45, 7) is 3.95. The molecule has 0 bridgehead atoms. The van der Waals surface area contributed by atoms with Crippen molar-refractivity contribution >= 4 is 28.7 Å². The van der Waals surface area contributed by atoms with E-state index in [1.54, 1.807) is 28.1 Å². The van der Waals surface area contributed by atoms with Crippen LogP contribution in [0.1, 0.15) is 34.0 Å². The third-order valence-corrected chi connectivity index (χ3v) is 7.56. The van der Waals surface area contributed by atoms with Crippen LogP contribution in [0.3, 0.4) is 0 Å². The number of piperazine rings is 1. The molecule has 1 saturated heterocycles. The van der Waals surface area contributed by atoms with Crippen molar-refractivity contribution in [2.75, 3.05) is 31.1 Å². The minimum atomic E-state index is -0.511. The lowest BCUT2D eigenvalue weighted by Gasteiger charge is -2.37. The summed E-state index contributed by atoms with van der Waals surface area (Å²) in [4.78, 5) is 22.7. The molecular weight excluding hydrogens is 483 g/mol. The summed E-state index contributed by atoms with van der Waals surface area (Å²) in [6, 6.07) is 5.38. The van der Waals surface area contributed by atoms with Crippen molar-refractivity contribution in [1.82, 2.24) is 24.7 Å². The third kappa shape index (κ3) is 4.31. The van der Waals surface area contributed by atoms with Crippen molar-refractivity contribution < 1.29 is 14.3 Å². The molecule has 186 valence electrons. The monoisotopic (exact) mass is 508 g/mol. The zero-order valence-corrected chi connectivity index (χ0v) is 20.7. The van der Waals surface area contributed by atoms with Crippen LogP contribution in [0.25, 0.3) is 11.4 Å². The van der Waals surface area contributed by atoms with Crippen molar-refractivity contribution in [1.29, 1.82) is 5.26 Å². The normalized spacial score (nSPS) is 17.6. The molecule has 1 atom stereocenters. The fourth-order valence-corrected chi connectivity index (χ4v) is 5.61. The van der Waals surface area contributed by atoms with Crippen LogP contribution in [0.15, 0.2) is 29.5 Å². The molecule has 4 heterocycles. The standard InChI is InChI=1S/C24H25FN8O2S/c1-15-13-28-30(2)22(15)21-20(14-34)36-23(29-21)31-5-7-32(8-6-31)24(35)33-19(3-4-27-33)17-9-16(12-26)10-18(25)11-17/h4,9-11,13,19,34H,3,5-8,14H2,1-2H3/t19-/m0/s1. The van der Waals surface area contributed by atoms with Crippen LogP contribution in [0.2, 0.25) is 0 Å². The maximum absolute atomic E-state index is 14.0. The first-order chi connectivity index (χ1) is 17.4. The van der Waals surface area contributed by atoms with Crippen LogP contribution in [-0.2, 0) is 13.7 Å². The second-order valence-corrected chi connectivity index (χ2v) is 9.82. The Morgan fingerprint density at radius 2 is 2.06 bits per heavy atom. The predicted molar refractivity (Wildman–Crippen MR) is 133 cm³/mol. The fourth-order valence-electron chi connectivity index (χ4n) is 4.63. The number of aromatic nitrogens is 3. The van der Waals surface area contributed by atoms with E-state index in [0.717, 1.165) is 27.0 Å². The molecule has 0 radical (unpaired) electrons. The number of carbonyl (C=O) groups is 1. The lowest BCUT2D eigenvalue weighted by molar-refractivity contribution is 0.139. The van der Waals surface area contributed by atoms with Crippen LogP contribution < -0.4 is 4.90 Å². The van der Waals surface area contributed by atoms with E-state index in [-0.39, 0.29) is 18.2 Å². The molecule has 0 spiro atoms. The molecule has 2 aliphatic rings. The van der Waals surface area contributed by atoms with E-state index < -0.39 is 11.9 Å². The SMILES string of the molecule is Cc1cnn(C)c1-c1nc(N2CCN(C(=O)N3N=CC[C@H]3c3cc(F)cc(C#N)c3)CC2)sc1CO. The Bertz CT molecular complexity index is 1350. The summed E-state index contributed by atoms with van der Waals surface area (Å²) >= 11 is 1.44. The molecule has 0 aliphatic carbocycles. The van der Waals surface area contributed by atoms with E-state index in [1.165, 1.54) is 28.5 Å². The first-order valence-corrected chi connectivity index (χ1v) is 12.4. The van der Waals surface area contributed by atoms with Gasteiger partial charge < -0.3 is 14.9 Å². The summed E-state index contributed by atoms with van der Waals surface area (Å²) in [5.41, 5.74) is 3.36. The van der Waals surface area contributed by atoms with Gasteiger partial charge in [-0.05, 0) is 36.2 Å². The molecule has 5 rings (SSSR count). The van der Waals surface area contributed by atoms with Crippen LogP contribution in [0, 0.1) is 24.1 Å². The Hall–Kier alpha value is -3.82. The summed E-state index contributed by atoms with van der Waals surface area (Å²) in [5, 5.41) is 29.8. The summed E-state index contributed by atoms with van der Waals surface area (Å²) in [7, 11) is 1.85. The van der Waals surface area contributed by atoms with Crippen LogP contribution in [0.5, 0.6) is 0 Å². The average molecular weight is 509 g/mol. The summed E-state index contributed by atoms with van der Waals surface area (Å²) in [5.74, 6) is -0.511. The highest BCUT2D eigenvalue weighted by atomic mass is 32.1. The zero-order chi connectivity index (χ0) is 25.4. The van der Waals surface area contributed by atoms with Crippen molar-refractivity contribution in [3.05, 3.63) is 51.8 Å². The molecule has 36 heavy (non-hydrogen) atoms. The number of thiazole rings is 1. The molecule has 10 nitrogen and oxygen atoms in total. The number of anilines is 1. The van der Waals surface area contributed by atoms with Crippen LogP contribution >= 0.6 is 11.3 Å². The van der Waals surface area contributed by atoms with Gasteiger partial charge in [0.1, 0.15) is 11.5 Å². The summed E-state index contributed by atoms with van der Waals surface area (Å²) in [6.07, 6.45) is 3.88. The first kappa shape index (κ1) is 23.9. The number of rotatable bonds is 4. The molecule has 0 unspecified atom stereocenters. The van der Waals surface area contributed by atoms with Gasteiger partial charge in [0, 0.05) is 45.9 Å². The van der Waals surface area contributed by atoms with Crippen molar-refractivity contribution in [2.24, 2.45) is 12.1 Å². The number of urea groups is 1. The van der Waals surface area contributed by atoms with Crippen molar-refractivity contribution in [2.45, 2.75) is 26.0 Å². The molecule has 3 aromatic rings. The number of hydrazone groups is 1.